The van der Waals surface area contributed by atoms with Gasteiger partial charge >= 0.3 is 0 Å². The lowest BCUT2D eigenvalue weighted by Crippen LogP contribution is -2.41. The molecule has 1 N–H and O–H groups in total. The molecule has 1 heterocycles. The van der Waals surface area contributed by atoms with Crippen molar-refractivity contribution in [3.8, 4) is 0 Å². The number of ether oxygens (including phenoxy) is 1. The standard InChI is InChI=1S/C9H19NOS/c1-2-3-5-11-6-4-10-9-7-12-8-9/h9-10H,2-8H2,1H3. The minimum absolute atomic E-state index is 0.768. The van der Waals surface area contributed by atoms with Crippen molar-refractivity contribution >= 4 is 11.8 Å². The monoisotopic (exact) mass is 189 g/mol. The van der Waals surface area contributed by atoms with Gasteiger partial charge in [-0.15, -0.1) is 0 Å². The second-order valence-electron chi connectivity index (χ2n) is 3.15. The summed E-state index contributed by atoms with van der Waals surface area (Å²) in [6.45, 7) is 5.01. The number of nitrogens with one attached hydrogen (secondary N) is 1. The maximum atomic E-state index is 5.42. The van der Waals surface area contributed by atoms with Gasteiger partial charge in [0.05, 0.1) is 6.61 Å². The van der Waals surface area contributed by atoms with Crippen LogP contribution in [0, 0.1) is 0 Å². The summed E-state index contributed by atoms with van der Waals surface area (Å²) in [7, 11) is 0. The molecular formula is C9H19NOS. The van der Waals surface area contributed by atoms with Gasteiger partial charge < -0.3 is 10.1 Å². The molecule has 1 rings (SSSR count). The minimum Gasteiger partial charge on any atom is -0.380 e. The van der Waals surface area contributed by atoms with Gasteiger partial charge in [0, 0.05) is 30.7 Å². The summed E-state index contributed by atoms with van der Waals surface area (Å²) in [5.41, 5.74) is 0. The Morgan fingerprint density at radius 3 is 2.83 bits per heavy atom. The summed E-state index contributed by atoms with van der Waals surface area (Å²) in [5.74, 6) is 2.57. The van der Waals surface area contributed by atoms with Crippen molar-refractivity contribution in [3.63, 3.8) is 0 Å². The summed E-state index contributed by atoms with van der Waals surface area (Å²) < 4.78 is 5.42. The Morgan fingerprint density at radius 2 is 2.25 bits per heavy atom. The lowest BCUT2D eigenvalue weighted by atomic mass is 10.3. The second-order valence-corrected chi connectivity index (χ2v) is 4.23. The summed E-state index contributed by atoms with van der Waals surface area (Å²) in [6.07, 6.45) is 2.42. The third-order valence-electron chi connectivity index (χ3n) is 1.96. The fraction of sp³-hybridized carbons (Fsp3) is 1.00. The molecule has 0 saturated carbocycles. The smallest absolute Gasteiger partial charge is 0.0591 e. The average molecular weight is 189 g/mol. The first-order valence-corrected chi connectivity index (χ1v) is 5.98. The third kappa shape index (κ3) is 4.33. The number of thioether (sulfide) groups is 1. The fourth-order valence-electron chi connectivity index (χ4n) is 1.04. The second kappa shape index (κ2) is 6.75. The van der Waals surface area contributed by atoms with Crippen LogP contribution in [0.1, 0.15) is 19.8 Å². The Kier molecular flexibility index (Phi) is 5.82. The molecular weight excluding hydrogens is 170 g/mol. The Morgan fingerprint density at radius 1 is 1.42 bits per heavy atom. The molecule has 0 aromatic carbocycles. The van der Waals surface area contributed by atoms with Crippen LogP contribution in [-0.4, -0.2) is 37.3 Å². The number of rotatable bonds is 7. The van der Waals surface area contributed by atoms with Crippen molar-refractivity contribution in [3.05, 3.63) is 0 Å². The number of hydrogen-bond acceptors (Lipinski definition) is 3. The molecule has 0 aromatic heterocycles. The topological polar surface area (TPSA) is 21.3 Å². The maximum absolute atomic E-state index is 5.42. The van der Waals surface area contributed by atoms with Gasteiger partial charge in [0.2, 0.25) is 0 Å². The van der Waals surface area contributed by atoms with Gasteiger partial charge in [0.15, 0.2) is 0 Å². The van der Waals surface area contributed by atoms with Crippen molar-refractivity contribution in [1.82, 2.24) is 5.32 Å². The Balaban J connectivity index is 1.70. The van der Waals surface area contributed by atoms with Gasteiger partial charge in [-0.05, 0) is 6.42 Å². The van der Waals surface area contributed by atoms with Crippen LogP contribution in [0.4, 0.5) is 0 Å². The van der Waals surface area contributed by atoms with Crippen LogP contribution in [0.5, 0.6) is 0 Å². The molecule has 0 unspecified atom stereocenters. The minimum atomic E-state index is 0.768. The van der Waals surface area contributed by atoms with Gasteiger partial charge in [0.1, 0.15) is 0 Å². The van der Waals surface area contributed by atoms with E-state index in [4.69, 9.17) is 4.74 Å². The molecule has 12 heavy (non-hydrogen) atoms. The van der Waals surface area contributed by atoms with Crippen LogP contribution in [0.3, 0.4) is 0 Å². The van der Waals surface area contributed by atoms with E-state index < -0.39 is 0 Å². The molecule has 0 spiro atoms. The number of unbranched alkanes of at least 4 members (excludes halogenated alkanes) is 1. The van der Waals surface area contributed by atoms with Crippen molar-refractivity contribution in [2.75, 3.05) is 31.3 Å². The van der Waals surface area contributed by atoms with Crippen LogP contribution < -0.4 is 5.32 Å². The van der Waals surface area contributed by atoms with Gasteiger partial charge in [-0.25, -0.2) is 0 Å². The van der Waals surface area contributed by atoms with E-state index in [2.05, 4.69) is 12.2 Å². The molecule has 1 aliphatic heterocycles. The Bertz CT molecular complexity index is 107. The van der Waals surface area contributed by atoms with E-state index in [1.165, 1.54) is 24.3 Å². The Hall–Kier alpha value is 0.270. The van der Waals surface area contributed by atoms with E-state index in [9.17, 15) is 0 Å². The third-order valence-corrected chi connectivity index (χ3v) is 3.24. The van der Waals surface area contributed by atoms with Crippen molar-refractivity contribution in [1.29, 1.82) is 0 Å². The van der Waals surface area contributed by atoms with Crippen LogP contribution >= 0.6 is 11.8 Å². The average Bonchev–Trinajstić information content (AvgIpc) is 2.00. The van der Waals surface area contributed by atoms with E-state index in [0.29, 0.717) is 0 Å². The van der Waals surface area contributed by atoms with Crippen molar-refractivity contribution in [2.45, 2.75) is 25.8 Å². The molecule has 0 bridgehead atoms. The molecule has 1 saturated heterocycles. The van der Waals surface area contributed by atoms with Gasteiger partial charge in [-0.3, -0.25) is 0 Å². The molecule has 1 fully saturated rings. The van der Waals surface area contributed by atoms with E-state index in [0.717, 1.165) is 25.8 Å². The zero-order chi connectivity index (χ0) is 8.65. The maximum Gasteiger partial charge on any atom is 0.0591 e. The first-order chi connectivity index (χ1) is 5.93. The SMILES string of the molecule is CCCCOCCNC1CSC1. The zero-order valence-electron chi connectivity index (χ0n) is 7.84. The fourth-order valence-corrected chi connectivity index (χ4v) is 1.74. The molecule has 0 atom stereocenters. The predicted molar refractivity (Wildman–Crippen MR) is 54.8 cm³/mol. The molecule has 0 amide bonds. The van der Waals surface area contributed by atoms with Gasteiger partial charge in [-0.2, -0.15) is 11.8 Å². The van der Waals surface area contributed by atoms with Crippen molar-refractivity contribution < 1.29 is 4.74 Å². The highest BCUT2D eigenvalue weighted by atomic mass is 32.2. The summed E-state index contributed by atoms with van der Waals surface area (Å²) in [5, 5.41) is 3.45. The normalized spacial score (nSPS) is 17.8. The largest absolute Gasteiger partial charge is 0.380 e. The quantitative estimate of drug-likeness (QED) is 0.613. The van der Waals surface area contributed by atoms with Gasteiger partial charge in [-0.1, -0.05) is 13.3 Å². The molecule has 2 nitrogen and oxygen atoms in total. The van der Waals surface area contributed by atoms with E-state index in [1.807, 2.05) is 11.8 Å². The van der Waals surface area contributed by atoms with Crippen molar-refractivity contribution in [2.24, 2.45) is 0 Å². The predicted octanol–water partition coefficient (Wildman–Crippen LogP) is 1.51. The lowest BCUT2D eigenvalue weighted by Gasteiger charge is -2.25. The van der Waals surface area contributed by atoms with Crippen LogP contribution in [-0.2, 0) is 4.74 Å². The highest BCUT2D eigenvalue weighted by Crippen LogP contribution is 2.16. The van der Waals surface area contributed by atoms with Crippen LogP contribution in [0.2, 0.25) is 0 Å². The first kappa shape index (κ1) is 10.4. The van der Waals surface area contributed by atoms with E-state index in [1.54, 1.807) is 0 Å². The zero-order valence-corrected chi connectivity index (χ0v) is 8.66. The van der Waals surface area contributed by atoms with E-state index in [-0.39, 0.29) is 0 Å². The Labute approximate surface area is 79.4 Å². The molecule has 0 aliphatic carbocycles. The molecule has 1 aliphatic rings. The lowest BCUT2D eigenvalue weighted by molar-refractivity contribution is 0.131. The highest BCUT2D eigenvalue weighted by molar-refractivity contribution is 8.00. The molecule has 3 heteroatoms. The van der Waals surface area contributed by atoms with Gasteiger partial charge in [0.25, 0.3) is 0 Å². The first-order valence-electron chi connectivity index (χ1n) is 4.82. The summed E-state index contributed by atoms with van der Waals surface area (Å²) >= 11 is 2.01. The molecule has 0 aromatic rings. The number of hydrogen-bond donors (Lipinski definition) is 1. The van der Waals surface area contributed by atoms with Crippen LogP contribution in [0.15, 0.2) is 0 Å². The molecule has 0 radical (unpaired) electrons. The highest BCUT2D eigenvalue weighted by Gasteiger charge is 2.16. The summed E-state index contributed by atoms with van der Waals surface area (Å²) in [4.78, 5) is 0. The summed E-state index contributed by atoms with van der Waals surface area (Å²) in [6, 6.07) is 0.768. The van der Waals surface area contributed by atoms with Crippen LogP contribution in [0.25, 0.3) is 0 Å². The van der Waals surface area contributed by atoms with E-state index >= 15 is 0 Å². The molecule has 72 valence electrons.